The van der Waals surface area contributed by atoms with Crippen molar-refractivity contribution in [2.45, 2.75) is 91.4 Å². The van der Waals surface area contributed by atoms with Crippen LogP contribution >= 0.6 is 0 Å². The second kappa shape index (κ2) is 13.9. The molecule has 0 saturated heterocycles. The lowest BCUT2D eigenvalue weighted by Crippen LogP contribution is -2.03. The van der Waals surface area contributed by atoms with Crippen molar-refractivity contribution in [2.24, 2.45) is 5.92 Å². The predicted octanol–water partition coefficient (Wildman–Crippen LogP) is 5.50. The van der Waals surface area contributed by atoms with Crippen LogP contribution in [0, 0.1) is 5.92 Å². The van der Waals surface area contributed by atoms with Crippen LogP contribution in [-0.4, -0.2) is 12.6 Å². The molecule has 114 valence electrons. The molecule has 0 aliphatic rings. The van der Waals surface area contributed by atoms with Gasteiger partial charge in [-0.2, -0.15) is 0 Å². The predicted molar refractivity (Wildman–Crippen MR) is 82.3 cm³/mol. The fourth-order valence-electron chi connectivity index (χ4n) is 2.29. The molecule has 0 spiro atoms. The third-order valence-electron chi connectivity index (χ3n) is 3.47. The Morgan fingerprint density at radius 2 is 1.32 bits per heavy atom. The highest BCUT2D eigenvalue weighted by molar-refractivity contribution is 5.69. The number of esters is 1. The Balaban J connectivity index is 3.05. The molecular weight excluding hydrogens is 236 g/mol. The third-order valence-corrected chi connectivity index (χ3v) is 3.47. The fraction of sp³-hybridized carbons (Fsp3) is 0.941. The van der Waals surface area contributed by atoms with Gasteiger partial charge in [0.1, 0.15) is 0 Å². The van der Waals surface area contributed by atoms with E-state index in [1.807, 2.05) is 6.92 Å². The highest BCUT2D eigenvalue weighted by Gasteiger charge is 2.00. The van der Waals surface area contributed by atoms with Crippen molar-refractivity contribution in [1.29, 1.82) is 0 Å². The molecule has 0 unspecified atom stereocenters. The molecule has 0 N–H and O–H groups in total. The summed E-state index contributed by atoms with van der Waals surface area (Å²) in [5, 5.41) is 0. The molecule has 0 radical (unpaired) electrons. The molecule has 0 atom stereocenters. The summed E-state index contributed by atoms with van der Waals surface area (Å²) in [4.78, 5) is 11.1. The van der Waals surface area contributed by atoms with Crippen molar-refractivity contribution in [1.82, 2.24) is 0 Å². The van der Waals surface area contributed by atoms with E-state index in [0.717, 1.165) is 12.3 Å². The fourth-order valence-corrected chi connectivity index (χ4v) is 2.29. The zero-order valence-corrected chi connectivity index (χ0v) is 13.4. The average molecular weight is 270 g/mol. The normalized spacial score (nSPS) is 10.9. The van der Waals surface area contributed by atoms with Crippen LogP contribution in [0.3, 0.4) is 0 Å². The summed E-state index contributed by atoms with van der Waals surface area (Å²) in [7, 11) is 0. The largest absolute Gasteiger partial charge is 0.466 e. The lowest BCUT2D eigenvalue weighted by Gasteiger charge is -2.04. The van der Waals surface area contributed by atoms with Gasteiger partial charge in [-0.1, -0.05) is 71.6 Å². The second-order valence-electron chi connectivity index (χ2n) is 5.92. The van der Waals surface area contributed by atoms with Crippen molar-refractivity contribution in [3.63, 3.8) is 0 Å². The number of carbonyl (C=O) groups is 1. The maximum absolute atomic E-state index is 11.1. The van der Waals surface area contributed by atoms with Crippen LogP contribution in [-0.2, 0) is 9.53 Å². The van der Waals surface area contributed by atoms with E-state index >= 15 is 0 Å². The second-order valence-corrected chi connectivity index (χ2v) is 5.92. The van der Waals surface area contributed by atoms with Crippen molar-refractivity contribution in [3.8, 4) is 0 Å². The summed E-state index contributed by atoms with van der Waals surface area (Å²) in [5.74, 6) is 0.826. The summed E-state index contributed by atoms with van der Waals surface area (Å²) in [6.45, 7) is 6.97. The Hall–Kier alpha value is -0.530. The molecule has 0 aromatic rings. The van der Waals surface area contributed by atoms with E-state index in [4.69, 9.17) is 4.74 Å². The molecule has 0 bridgehead atoms. The monoisotopic (exact) mass is 270 g/mol. The van der Waals surface area contributed by atoms with Gasteiger partial charge in [-0.15, -0.1) is 0 Å². The van der Waals surface area contributed by atoms with Crippen molar-refractivity contribution in [3.05, 3.63) is 0 Å². The Labute approximate surface area is 120 Å². The number of ether oxygens (including phenoxy) is 1. The molecule has 0 amide bonds. The number of unbranched alkanes of at least 4 members (excludes halogenated alkanes) is 8. The first kappa shape index (κ1) is 18.5. The first-order valence-electron chi connectivity index (χ1n) is 8.32. The van der Waals surface area contributed by atoms with Gasteiger partial charge in [-0.05, 0) is 19.3 Å². The van der Waals surface area contributed by atoms with Gasteiger partial charge >= 0.3 is 5.97 Å². The number of carbonyl (C=O) groups excluding carboxylic acids is 1. The molecule has 0 saturated carbocycles. The van der Waals surface area contributed by atoms with Crippen LogP contribution in [0.1, 0.15) is 91.4 Å². The van der Waals surface area contributed by atoms with Gasteiger partial charge in [0.2, 0.25) is 0 Å². The van der Waals surface area contributed by atoms with E-state index in [1.54, 1.807) is 0 Å². The zero-order chi connectivity index (χ0) is 14.3. The number of rotatable bonds is 13. The van der Waals surface area contributed by atoms with Gasteiger partial charge in [0.25, 0.3) is 0 Å². The van der Waals surface area contributed by atoms with E-state index in [2.05, 4.69) is 13.8 Å². The van der Waals surface area contributed by atoms with Crippen LogP contribution in [0.2, 0.25) is 0 Å². The zero-order valence-electron chi connectivity index (χ0n) is 13.4. The molecular formula is C17H34O2. The SMILES string of the molecule is CCOC(=O)CCCCCCCCCCCC(C)C. The van der Waals surface area contributed by atoms with Crippen LogP contribution in [0.25, 0.3) is 0 Å². The van der Waals surface area contributed by atoms with E-state index < -0.39 is 0 Å². The summed E-state index contributed by atoms with van der Waals surface area (Å²) < 4.78 is 4.90. The Kier molecular flexibility index (Phi) is 13.5. The molecule has 0 aliphatic heterocycles. The highest BCUT2D eigenvalue weighted by Crippen LogP contribution is 2.13. The van der Waals surface area contributed by atoms with Gasteiger partial charge in [0.15, 0.2) is 0 Å². The molecule has 0 heterocycles. The molecule has 19 heavy (non-hydrogen) atoms. The minimum absolute atomic E-state index is 0.0346. The van der Waals surface area contributed by atoms with E-state index in [1.165, 1.54) is 57.8 Å². The topological polar surface area (TPSA) is 26.3 Å². The Morgan fingerprint density at radius 3 is 1.79 bits per heavy atom. The molecule has 0 rings (SSSR count). The maximum Gasteiger partial charge on any atom is 0.305 e. The highest BCUT2D eigenvalue weighted by atomic mass is 16.5. The van der Waals surface area contributed by atoms with Crippen molar-refractivity contribution >= 4 is 5.97 Å². The van der Waals surface area contributed by atoms with Crippen LogP contribution in [0.15, 0.2) is 0 Å². The van der Waals surface area contributed by atoms with Crippen LogP contribution in [0.5, 0.6) is 0 Å². The lowest BCUT2D eigenvalue weighted by atomic mass is 10.0. The molecule has 0 aromatic carbocycles. The van der Waals surface area contributed by atoms with E-state index in [9.17, 15) is 4.79 Å². The Bertz CT molecular complexity index is 199. The van der Waals surface area contributed by atoms with Crippen molar-refractivity contribution in [2.75, 3.05) is 6.61 Å². The van der Waals surface area contributed by atoms with Gasteiger partial charge in [-0.25, -0.2) is 0 Å². The molecule has 0 fully saturated rings. The summed E-state index contributed by atoms with van der Waals surface area (Å²) in [5.41, 5.74) is 0. The summed E-state index contributed by atoms with van der Waals surface area (Å²) in [6.07, 6.45) is 13.7. The van der Waals surface area contributed by atoms with Gasteiger partial charge in [0.05, 0.1) is 6.61 Å². The average Bonchev–Trinajstić information content (AvgIpc) is 2.36. The first-order valence-corrected chi connectivity index (χ1v) is 8.32. The molecule has 0 aliphatic carbocycles. The molecule has 0 aromatic heterocycles. The maximum atomic E-state index is 11.1. The van der Waals surface area contributed by atoms with Gasteiger partial charge in [0, 0.05) is 6.42 Å². The molecule has 2 nitrogen and oxygen atoms in total. The van der Waals surface area contributed by atoms with Gasteiger partial charge < -0.3 is 4.74 Å². The quantitative estimate of drug-likeness (QED) is 0.326. The number of hydrogen-bond donors (Lipinski definition) is 0. The third kappa shape index (κ3) is 15.4. The summed E-state index contributed by atoms with van der Waals surface area (Å²) >= 11 is 0. The van der Waals surface area contributed by atoms with Gasteiger partial charge in [-0.3, -0.25) is 4.79 Å². The molecule has 2 heteroatoms. The van der Waals surface area contributed by atoms with E-state index in [0.29, 0.717) is 13.0 Å². The van der Waals surface area contributed by atoms with E-state index in [-0.39, 0.29) is 5.97 Å². The smallest absolute Gasteiger partial charge is 0.305 e. The minimum Gasteiger partial charge on any atom is -0.466 e. The summed E-state index contributed by atoms with van der Waals surface area (Å²) in [6, 6.07) is 0. The standard InChI is InChI=1S/C17H34O2/c1-4-19-17(18)15-13-11-9-7-5-6-8-10-12-14-16(2)3/h16H,4-15H2,1-3H3. The lowest BCUT2D eigenvalue weighted by molar-refractivity contribution is -0.143. The number of hydrogen-bond acceptors (Lipinski definition) is 2. The van der Waals surface area contributed by atoms with Crippen molar-refractivity contribution < 1.29 is 9.53 Å². The minimum atomic E-state index is -0.0346. The van der Waals surface area contributed by atoms with Crippen LogP contribution in [0.4, 0.5) is 0 Å². The first-order chi connectivity index (χ1) is 9.16. The Morgan fingerprint density at radius 1 is 0.842 bits per heavy atom. The van der Waals surface area contributed by atoms with Crippen LogP contribution < -0.4 is 0 Å².